The van der Waals surface area contributed by atoms with Gasteiger partial charge in [0.25, 0.3) is 0 Å². The van der Waals surface area contributed by atoms with Gasteiger partial charge >= 0.3 is 0 Å². The number of nitrogens with zero attached hydrogens (tertiary/aromatic N) is 1. The molecule has 0 spiro atoms. The average molecular weight is 261 g/mol. The highest BCUT2D eigenvalue weighted by atomic mass is 19.1. The van der Waals surface area contributed by atoms with Gasteiger partial charge in [-0.15, -0.1) is 0 Å². The van der Waals surface area contributed by atoms with Crippen LogP contribution in [0.2, 0.25) is 0 Å². The summed E-state index contributed by atoms with van der Waals surface area (Å²) in [5.74, 6) is 0.304. The number of benzene rings is 1. The van der Waals surface area contributed by atoms with Gasteiger partial charge in [-0.05, 0) is 30.2 Å². The van der Waals surface area contributed by atoms with Crippen LogP contribution in [0.25, 0.3) is 0 Å². The number of hydrogen-bond donors (Lipinski definition) is 1. The highest BCUT2D eigenvalue weighted by molar-refractivity contribution is 5.28. The zero-order valence-corrected chi connectivity index (χ0v) is 10.7. The van der Waals surface area contributed by atoms with E-state index < -0.39 is 6.10 Å². The van der Waals surface area contributed by atoms with Crippen LogP contribution >= 0.6 is 0 Å². The largest absolute Gasteiger partial charge is 0.489 e. The number of ether oxygens (including phenoxy) is 1. The van der Waals surface area contributed by atoms with Crippen molar-refractivity contribution >= 4 is 0 Å². The first-order chi connectivity index (χ1) is 9.19. The van der Waals surface area contributed by atoms with Gasteiger partial charge in [0.05, 0.1) is 12.3 Å². The quantitative estimate of drug-likeness (QED) is 0.898. The summed E-state index contributed by atoms with van der Waals surface area (Å²) >= 11 is 0. The molecule has 0 radical (unpaired) electrons. The number of halogens is 1. The Bertz CT molecular complexity index is 528. The molecule has 1 atom stereocenters. The van der Waals surface area contributed by atoms with Crippen LogP contribution in [0.1, 0.15) is 30.6 Å². The van der Waals surface area contributed by atoms with E-state index in [2.05, 4.69) is 4.98 Å². The summed E-state index contributed by atoms with van der Waals surface area (Å²) in [5.41, 5.74) is 1.54. The summed E-state index contributed by atoms with van der Waals surface area (Å²) in [5, 5.41) is 9.67. The molecule has 100 valence electrons. The maximum Gasteiger partial charge on any atom is 0.141 e. The molecule has 0 aliphatic heterocycles. The SMILES string of the molecule is CC[C@H](O)c1ccc(OCc2cncc(F)c2)cc1. The highest BCUT2D eigenvalue weighted by Crippen LogP contribution is 2.20. The predicted octanol–water partition coefficient (Wildman–Crippen LogP) is 3.24. The Morgan fingerprint density at radius 2 is 2.00 bits per heavy atom. The van der Waals surface area contributed by atoms with Crippen molar-refractivity contribution in [1.29, 1.82) is 0 Å². The zero-order chi connectivity index (χ0) is 13.7. The van der Waals surface area contributed by atoms with E-state index in [4.69, 9.17) is 4.74 Å². The molecule has 0 bridgehead atoms. The van der Waals surface area contributed by atoms with E-state index in [0.29, 0.717) is 17.7 Å². The van der Waals surface area contributed by atoms with E-state index >= 15 is 0 Å². The third kappa shape index (κ3) is 3.76. The van der Waals surface area contributed by atoms with Crippen molar-refractivity contribution in [2.24, 2.45) is 0 Å². The number of aromatic nitrogens is 1. The molecular formula is C15H16FNO2. The van der Waals surface area contributed by atoms with E-state index in [9.17, 15) is 9.50 Å². The Kier molecular flexibility index (Phi) is 4.47. The lowest BCUT2D eigenvalue weighted by molar-refractivity contribution is 0.173. The maximum absolute atomic E-state index is 12.9. The van der Waals surface area contributed by atoms with Crippen molar-refractivity contribution in [1.82, 2.24) is 4.98 Å². The summed E-state index contributed by atoms with van der Waals surface area (Å²) in [6, 6.07) is 8.63. The number of rotatable bonds is 5. The van der Waals surface area contributed by atoms with Gasteiger partial charge in [0.1, 0.15) is 18.2 Å². The molecule has 0 unspecified atom stereocenters. The minimum Gasteiger partial charge on any atom is -0.489 e. The van der Waals surface area contributed by atoms with Crippen molar-refractivity contribution in [2.75, 3.05) is 0 Å². The van der Waals surface area contributed by atoms with Gasteiger partial charge < -0.3 is 9.84 Å². The van der Waals surface area contributed by atoms with Crippen molar-refractivity contribution in [3.8, 4) is 5.75 Å². The summed E-state index contributed by atoms with van der Waals surface area (Å²) in [6.45, 7) is 2.19. The van der Waals surface area contributed by atoms with Gasteiger partial charge in [0.15, 0.2) is 0 Å². The second kappa shape index (κ2) is 6.29. The third-order valence-electron chi connectivity index (χ3n) is 2.82. The molecule has 4 heteroatoms. The fourth-order valence-corrected chi connectivity index (χ4v) is 1.72. The fourth-order valence-electron chi connectivity index (χ4n) is 1.72. The molecule has 1 N–H and O–H groups in total. The van der Waals surface area contributed by atoms with Crippen LogP contribution in [0.15, 0.2) is 42.7 Å². The van der Waals surface area contributed by atoms with Crippen LogP contribution in [0, 0.1) is 5.82 Å². The Hall–Kier alpha value is -1.94. The first kappa shape index (κ1) is 13.5. The number of hydrogen-bond acceptors (Lipinski definition) is 3. The van der Waals surface area contributed by atoms with Gasteiger partial charge in [-0.2, -0.15) is 0 Å². The second-order valence-electron chi connectivity index (χ2n) is 4.29. The molecule has 19 heavy (non-hydrogen) atoms. The molecule has 1 aromatic heterocycles. The summed E-state index contributed by atoms with van der Waals surface area (Å²) in [7, 11) is 0. The minimum atomic E-state index is -0.443. The van der Waals surface area contributed by atoms with Gasteiger partial charge in [0, 0.05) is 11.8 Å². The van der Waals surface area contributed by atoms with Crippen molar-refractivity contribution in [3.63, 3.8) is 0 Å². The van der Waals surface area contributed by atoms with Crippen LogP contribution in [0.5, 0.6) is 5.75 Å². The molecule has 2 rings (SSSR count). The van der Waals surface area contributed by atoms with Crippen molar-refractivity contribution in [2.45, 2.75) is 26.1 Å². The van der Waals surface area contributed by atoms with E-state index in [1.54, 1.807) is 18.3 Å². The van der Waals surface area contributed by atoms with Gasteiger partial charge in [-0.25, -0.2) is 4.39 Å². The van der Waals surface area contributed by atoms with Crippen LogP contribution in [-0.2, 0) is 6.61 Å². The summed E-state index contributed by atoms with van der Waals surface area (Å²) in [6.07, 6.45) is 2.96. The lowest BCUT2D eigenvalue weighted by atomic mass is 10.1. The summed E-state index contributed by atoms with van der Waals surface area (Å²) < 4.78 is 18.5. The zero-order valence-electron chi connectivity index (χ0n) is 10.7. The smallest absolute Gasteiger partial charge is 0.141 e. The van der Waals surface area contributed by atoms with E-state index in [-0.39, 0.29) is 12.4 Å². The lowest BCUT2D eigenvalue weighted by Crippen LogP contribution is -1.98. The Labute approximate surface area is 111 Å². The van der Waals surface area contributed by atoms with E-state index in [0.717, 1.165) is 11.8 Å². The van der Waals surface area contributed by atoms with Crippen molar-refractivity contribution in [3.05, 3.63) is 59.7 Å². The normalized spacial score (nSPS) is 12.2. The molecule has 0 fully saturated rings. The Morgan fingerprint density at radius 3 is 2.63 bits per heavy atom. The maximum atomic E-state index is 12.9. The molecule has 0 saturated carbocycles. The first-order valence-corrected chi connectivity index (χ1v) is 6.19. The average Bonchev–Trinajstić information content (AvgIpc) is 2.45. The van der Waals surface area contributed by atoms with Crippen LogP contribution in [-0.4, -0.2) is 10.1 Å². The van der Waals surface area contributed by atoms with Crippen molar-refractivity contribution < 1.29 is 14.2 Å². The number of pyridine rings is 1. The van der Waals surface area contributed by atoms with Crippen LogP contribution in [0.4, 0.5) is 4.39 Å². The molecule has 0 aliphatic rings. The lowest BCUT2D eigenvalue weighted by Gasteiger charge is -2.10. The standard InChI is InChI=1S/C15H16FNO2/c1-2-15(18)12-3-5-14(6-4-12)19-10-11-7-13(16)9-17-8-11/h3-9,15,18H,2,10H2,1H3/t15-/m0/s1. The monoisotopic (exact) mass is 261 g/mol. The molecule has 0 saturated heterocycles. The fraction of sp³-hybridized carbons (Fsp3) is 0.267. The third-order valence-corrected chi connectivity index (χ3v) is 2.82. The minimum absolute atomic E-state index is 0.264. The second-order valence-corrected chi connectivity index (χ2v) is 4.29. The Morgan fingerprint density at radius 1 is 1.26 bits per heavy atom. The predicted molar refractivity (Wildman–Crippen MR) is 70.2 cm³/mol. The molecule has 0 aliphatic carbocycles. The number of aliphatic hydroxyl groups excluding tert-OH is 1. The summed E-state index contributed by atoms with van der Waals surface area (Å²) in [4.78, 5) is 3.76. The molecule has 3 nitrogen and oxygen atoms in total. The molecule has 1 aromatic carbocycles. The van der Waals surface area contributed by atoms with Gasteiger partial charge in [-0.3, -0.25) is 4.98 Å². The molecule has 2 aromatic rings. The first-order valence-electron chi connectivity index (χ1n) is 6.19. The Balaban J connectivity index is 1.96. The topological polar surface area (TPSA) is 42.4 Å². The van der Waals surface area contributed by atoms with Crippen LogP contribution in [0.3, 0.4) is 0 Å². The molecule has 1 heterocycles. The van der Waals surface area contributed by atoms with Gasteiger partial charge in [0.2, 0.25) is 0 Å². The molecular weight excluding hydrogens is 245 g/mol. The van der Waals surface area contributed by atoms with E-state index in [1.165, 1.54) is 6.07 Å². The van der Waals surface area contributed by atoms with E-state index in [1.807, 2.05) is 19.1 Å². The highest BCUT2D eigenvalue weighted by Gasteiger charge is 2.04. The molecule has 0 amide bonds. The number of aliphatic hydroxyl groups is 1. The van der Waals surface area contributed by atoms with Gasteiger partial charge in [-0.1, -0.05) is 19.1 Å². The van der Waals surface area contributed by atoms with Crippen LogP contribution < -0.4 is 4.74 Å².